The molecule has 6 heteroatoms. The average Bonchev–Trinajstić information content (AvgIpc) is 2.99. The van der Waals surface area contributed by atoms with E-state index in [1.165, 1.54) is 0 Å². The molecule has 1 amide bonds. The van der Waals surface area contributed by atoms with Crippen molar-refractivity contribution in [1.82, 2.24) is 5.32 Å². The van der Waals surface area contributed by atoms with Crippen LogP contribution in [0.5, 0.6) is 0 Å². The van der Waals surface area contributed by atoms with Crippen molar-refractivity contribution in [3.8, 4) is 0 Å². The molecule has 21 heavy (non-hydrogen) atoms. The van der Waals surface area contributed by atoms with Gasteiger partial charge in [-0.05, 0) is 36.4 Å². The van der Waals surface area contributed by atoms with Crippen LogP contribution in [0.15, 0.2) is 40.8 Å². The summed E-state index contributed by atoms with van der Waals surface area (Å²) in [4.78, 5) is 11.6. The minimum absolute atomic E-state index is 0.0790. The van der Waals surface area contributed by atoms with Crippen LogP contribution in [0.2, 0.25) is 0 Å². The number of furan rings is 1. The molecule has 0 radical (unpaired) electrons. The van der Waals surface area contributed by atoms with Crippen molar-refractivity contribution in [2.45, 2.75) is 13.2 Å². The molecule has 1 aromatic carbocycles. The lowest BCUT2D eigenvalue weighted by Gasteiger charge is -2.06. The van der Waals surface area contributed by atoms with Gasteiger partial charge >= 0.3 is 0 Å². The molecule has 6 nitrogen and oxygen atoms in total. The van der Waals surface area contributed by atoms with Crippen LogP contribution < -0.4 is 10.6 Å². The van der Waals surface area contributed by atoms with E-state index in [4.69, 9.17) is 14.6 Å². The van der Waals surface area contributed by atoms with E-state index in [2.05, 4.69) is 10.6 Å². The van der Waals surface area contributed by atoms with Gasteiger partial charge in [0.2, 0.25) is 0 Å². The Hall–Kier alpha value is -2.31. The van der Waals surface area contributed by atoms with Crippen LogP contribution in [0.4, 0.5) is 5.69 Å². The Morgan fingerprint density at radius 1 is 1.05 bits per heavy atom. The van der Waals surface area contributed by atoms with Crippen molar-refractivity contribution in [1.29, 1.82) is 0 Å². The Bertz CT molecular complexity index is 578. The Morgan fingerprint density at radius 2 is 1.76 bits per heavy atom. The molecule has 0 unspecified atom stereocenters. The second kappa shape index (κ2) is 7.47. The molecule has 0 aliphatic rings. The number of hydrogen-bond acceptors (Lipinski definition) is 5. The van der Waals surface area contributed by atoms with Crippen molar-refractivity contribution in [2.24, 2.45) is 0 Å². The summed E-state index contributed by atoms with van der Waals surface area (Å²) >= 11 is 0. The zero-order valence-corrected chi connectivity index (χ0v) is 11.5. The third-order valence-corrected chi connectivity index (χ3v) is 2.88. The number of anilines is 1. The first-order valence-corrected chi connectivity index (χ1v) is 6.64. The molecule has 1 aromatic heterocycles. The number of amides is 1. The lowest BCUT2D eigenvalue weighted by Crippen LogP contribution is -2.26. The number of carbonyl (C=O) groups is 1. The average molecular weight is 290 g/mol. The second-order valence-corrected chi connectivity index (χ2v) is 4.44. The van der Waals surface area contributed by atoms with E-state index >= 15 is 0 Å². The SMILES string of the molecule is O=C(NCCO)c1ccc(NCc2ccc(CO)o2)cc1. The van der Waals surface area contributed by atoms with Crippen LogP contribution in [-0.4, -0.2) is 29.3 Å². The summed E-state index contributed by atoms with van der Waals surface area (Å²) in [5.74, 6) is 1.04. The number of carbonyl (C=O) groups excluding carboxylic acids is 1. The maximum absolute atomic E-state index is 11.6. The summed E-state index contributed by atoms with van der Waals surface area (Å²) in [6, 6.07) is 10.5. The van der Waals surface area contributed by atoms with Gasteiger partial charge in [0.25, 0.3) is 5.91 Å². The minimum atomic E-state index is -0.214. The van der Waals surface area contributed by atoms with E-state index in [0.29, 0.717) is 17.9 Å². The first-order valence-electron chi connectivity index (χ1n) is 6.64. The molecule has 2 aromatic rings. The molecule has 0 fully saturated rings. The van der Waals surface area contributed by atoms with Crippen molar-refractivity contribution in [3.63, 3.8) is 0 Å². The summed E-state index contributed by atoms with van der Waals surface area (Å²) in [6.07, 6.45) is 0. The van der Waals surface area contributed by atoms with Gasteiger partial charge < -0.3 is 25.3 Å². The predicted octanol–water partition coefficient (Wildman–Crippen LogP) is 1.11. The van der Waals surface area contributed by atoms with E-state index < -0.39 is 0 Å². The van der Waals surface area contributed by atoms with Gasteiger partial charge in [0.05, 0.1) is 13.2 Å². The summed E-state index contributed by atoms with van der Waals surface area (Å²) in [7, 11) is 0. The zero-order valence-electron chi connectivity index (χ0n) is 11.5. The van der Waals surface area contributed by atoms with E-state index in [9.17, 15) is 4.79 Å². The fourth-order valence-corrected chi connectivity index (χ4v) is 1.80. The summed E-state index contributed by atoms with van der Waals surface area (Å²) in [6.45, 7) is 0.544. The van der Waals surface area contributed by atoms with Gasteiger partial charge in [0, 0.05) is 17.8 Å². The van der Waals surface area contributed by atoms with Crippen molar-refractivity contribution in [3.05, 3.63) is 53.5 Å². The fourth-order valence-electron chi connectivity index (χ4n) is 1.80. The van der Waals surface area contributed by atoms with Gasteiger partial charge in [-0.2, -0.15) is 0 Å². The predicted molar refractivity (Wildman–Crippen MR) is 77.8 cm³/mol. The Labute approximate surface area is 122 Å². The first-order chi connectivity index (χ1) is 10.2. The van der Waals surface area contributed by atoms with Crippen LogP contribution in [0.3, 0.4) is 0 Å². The van der Waals surface area contributed by atoms with E-state index in [-0.39, 0.29) is 25.7 Å². The normalized spacial score (nSPS) is 10.4. The van der Waals surface area contributed by atoms with Gasteiger partial charge in [-0.25, -0.2) is 0 Å². The highest BCUT2D eigenvalue weighted by molar-refractivity contribution is 5.94. The third-order valence-electron chi connectivity index (χ3n) is 2.88. The zero-order chi connectivity index (χ0) is 15.1. The molecule has 0 bridgehead atoms. The molecule has 0 saturated heterocycles. The summed E-state index contributed by atoms with van der Waals surface area (Å²) in [5, 5.41) is 23.3. The van der Waals surface area contributed by atoms with Gasteiger partial charge in [0.1, 0.15) is 18.1 Å². The van der Waals surface area contributed by atoms with Crippen molar-refractivity contribution >= 4 is 11.6 Å². The van der Waals surface area contributed by atoms with Gasteiger partial charge in [-0.15, -0.1) is 0 Å². The van der Waals surface area contributed by atoms with Crippen molar-refractivity contribution in [2.75, 3.05) is 18.5 Å². The quantitative estimate of drug-likeness (QED) is 0.612. The number of aliphatic hydroxyl groups excluding tert-OH is 2. The molecular weight excluding hydrogens is 272 g/mol. The van der Waals surface area contributed by atoms with Crippen LogP contribution in [0, 0.1) is 0 Å². The first kappa shape index (κ1) is 15.1. The number of benzene rings is 1. The summed E-state index contributed by atoms with van der Waals surface area (Å²) in [5.41, 5.74) is 1.39. The molecule has 0 atom stereocenters. The van der Waals surface area contributed by atoms with Crippen LogP contribution in [-0.2, 0) is 13.2 Å². The van der Waals surface area contributed by atoms with E-state index in [0.717, 1.165) is 11.4 Å². The van der Waals surface area contributed by atoms with Gasteiger partial charge in [-0.3, -0.25) is 4.79 Å². The molecule has 1 heterocycles. The number of hydrogen-bond donors (Lipinski definition) is 4. The maximum Gasteiger partial charge on any atom is 0.251 e. The minimum Gasteiger partial charge on any atom is -0.462 e. The molecular formula is C15H18N2O4. The lowest BCUT2D eigenvalue weighted by atomic mass is 10.2. The highest BCUT2D eigenvalue weighted by Crippen LogP contribution is 2.13. The van der Waals surface area contributed by atoms with E-state index in [1.807, 2.05) is 0 Å². The lowest BCUT2D eigenvalue weighted by molar-refractivity contribution is 0.0945. The van der Waals surface area contributed by atoms with Crippen LogP contribution in [0.25, 0.3) is 0 Å². The largest absolute Gasteiger partial charge is 0.462 e. The Morgan fingerprint density at radius 3 is 2.38 bits per heavy atom. The highest BCUT2D eigenvalue weighted by Gasteiger charge is 2.05. The molecule has 0 saturated carbocycles. The molecule has 0 aliphatic heterocycles. The third kappa shape index (κ3) is 4.34. The number of nitrogens with one attached hydrogen (secondary N) is 2. The monoisotopic (exact) mass is 290 g/mol. The summed E-state index contributed by atoms with van der Waals surface area (Å²) < 4.78 is 5.36. The van der Waals surface area contributed by atoms with Gasteiger partial charge in [0.15, 0.2) is 0 Å². The number of aliphatic hydroxyl groups is 2. The Kier molecular flexibility index (Phi) is 5.36. The van der Waals surface area contributed by atoms with Crippen LogP contribution in [0.1, 0.15) is 21.9 Å². The number of rotatable bonds is 7. The highest BCUT2D eigenvalue weighted by atomic mass is 16.4. The smallest absolute Gasteiger partial charge is 0.251 e. The van der Waals surface area contributed by atoms with Crippen LogP contribution >= 0.6 is 0 Å². The molecule has 112 valence electrons. The van der Waals surface area contributed by atoms with E-state index in [1.54, 1.807) is 36.4 Å². The van der Waals surface area contributed by atoms with Crippen molar-refractivity contribution < 1.29 is 19.4 Å². The topological polar surface area (TPSA) is 94.7 Å². The molecule has 0 spiro atoms. The Balaban J connectivity index is 1.88. The molecule has 2 rings (SSSR count). The van der Waals surface area contributed by atoms with Gasteiger partial charge in [-0.1, -0.05) is 0 Å². The standard InChI is InChI=1S/C15H18N2O4/c18-8-7-16-15(20)11-1-3-12(4-2-11)17-9-13-5-6-14(10-19)21-13/h1-6,17-19H,7-10H2,(H,16,20). The maximum atomic E-state index is 11.6. The molecule has 4 N–H and O–H groups in total. The fraction of sp³-hybridized carbons (Fsp3) is 0.267. The molecule has 0 aliphatic carbocycles. The second-order valence-electron chi connectivity index (χ2n) is 4.44.